The molecule has 0 fully saturated rings. The van der Waals surface area contributed by atoms with E-state index in [0.717, 1.165) is 17.2 Å². The largest absolute Gasteiger partial charge is 0.361 e. The Morgan fingerprint density at radius 3 is 2.61 bits per heavy atom. The van der Waals surface area contributed by atoms with E-state index in [4.69, 9.17) is 21.1 Å². The van der Waals surface area contributed by atoms with Crippen molar-refractivity contribution in [3.05, 3.63) is 67.6 Å². The topological polar surface area (TPSA) is 106 Å². The van der Waals surface area contributed by atoms with Gasteiger partial charge in [0.05, 0.1) is 6.54 Å². The molecule has 0 aliphatic carbocycles. The normalized spacial score (nSPS) is 12.9. The second-order valence-corrected chi connectivity index (χ2v) is 9.09. The van der Waals surface area contributed by atoms with E-state index in [0.29, 0.717) is 57.7 Å². The lowest BCUT2D eigenvalue weighted by Gasteiger charge is -2.14. The van der Waals surface area contributed by atoms with Crippen molar-refractivity contribution < 1.29 is 9.32 Å². The molecule has 1 amide bonds. The van der Waals surface area contributed by atoms with E-state index in [-0.39, 0.29) is 18.0 Å². The number of halogens is 1. The van der Waals surface area contributed by atoms with E-state index in [2.05, 4.69) is 28.5 Å². The van der Waals surface area contributed by atoms with Crippen molar-refractivity contribution in [3.8, 4) is 22.5 Å². The summed E-state index contributed by atoms with van der Waals surface area (Å²) in [5, 5.41) is 8.37. The lowest BCUT2D eigenvalue weighted by atomic mass is 10.0. The third-order valence-electron chi connectivity index (χ3n) is 6.10. The van der Waals surface area contributed by atoms with E-state index in [1.807, 2.05) is 19.1 Å². The molecule has 0 atom stereocenters. The minimum absolute atomic E-state index is 0.0566. The number of nitrogens with zero attached hydrogens (tertiary/aromatic N) is 5. The van der Waals surface area contributed by atoms with Gasteiger partial charge in [-0.3, -0.25) is 14.2 Å². The zero-order valence-corrected chi connectivity index (χ0v) is 21.8. The summed E-state index contributed by atoms with van der Waals surface area (Å²) in [5.74, 6) is 1.47. The van der Waals surface area contributed by atoms with Crippen LogP contribution in [0.3, 0.4) is 0 Å². The second kappa shape index (κ2) is 10.5. The molecule has 0 saturated carbocycles. The predicted octanol–water partition coefficient (Wildman–Crippen LogP) is 2.65. The maximum atomic E-state index is 13.6. The van der Waals surface area contributed by atoms with Crippen molar-refractivity contribution in [2.45, 2.75) is 40.2 Å². The Morgan fingerprint density at radius 1 is 1.22 bits per heavy atom. The summed E-state index contributed by atoms with van der Waals surface area (Å²) in [6.07, 6.45) is 3.48. The highest BCUT2D eigenvalue weighted by atomic mass is 35.5. The monoisotopic (exact) mass is 508 g/mol. The van der Waals surface area contributed by atoms with Gasteiger partial charge < -0.3 is 14.7 Å². The minimum atomic E-state index is -0.192. The summed E-state index contributed by atoms with van der Waals surface area (Å²) in [7, 11) is 3.42. The molecular weight excluding hydrogens is 480 g/mol. The quantitative estimate of drug-likeness (QED) is 0.526. The number of aromatic nitrogens is 3. The van der Waals surface area contributed by atoms with Crippen LogP contribution in [0, 0.1) is 6.92 Å². The third-order valence-corrected chi connectivity index (χ3v) is 6.42. The summed E-state index contributed by atoms with van der Waals surface area (Å²) in [6, 6.07) is 7.20. The molecule has 0 spiro atoms. The molecule has 0 radical (unpaired) electrons. The number of nitrogens with one attached hydrogen (secondary N) is 1. The molecule has 1 aliphatic heterocycles. The molecule has 1 N–H and O–H groups in total. The Balaban J connectivity index is 1.82. The van der Waals surface area contributed by atoms with Crippen molar-refractivity contribution in [2.24, 2.45) is 4.99 Å². The van der Waals surface area contributed by atoms with Crippen molar-refractivity contribution in [1.82, 2.24) is 24.9 Å². The molecule has 36 heavy (non-hydrogen) atoms. The lowest BCUT2D eigenvalue weighted by Crippen LogP contribution is -2.44. The van der Waals surface area contributed by atoms with Crippen LogP contribution in [0.5, 0.6) is 0 Å². The molecule has 3 aromatic rings. The van der Waals surface area contributed by atoms with Crippen LogP contribution in [0.15, 0.2) is 50.0 Å². The van der Waals surface area contributed by atoms with Gasteiger partial charge in [0.2, 0.25) is 17.6 Å². The molecule has 4 rings (SSSR count). The average molecular weight is 509 g/mol. The molecular formula is C26H29ClN6O3. The van der Waals surface area contributed by atoms with Crippen LogP contribution in [0.25, 0.3) is 28.6 Å². The van der Waals surface area contributed by atoms with E-state index in [1.165, 1.54) is 4.90 Å². The van der Waals surface area contributed by atoms with Gasteiger partial charge in [0, 0.05) is 54.5 Å². The number of carbonyl (C=O) groups is 1. The van der Waals surface area contributed by atoms with Crippen LogP contribution in [-0.4, -0.2) is 46.2 Å². The Morgan fingerprint density at radius 2 is 2.00 bits per heavy atom. The van der Waals surface area contributed by atoms with Crippen LogP contribution in [0.2, 0.25) is 5.02 Å². The van der Waals surface area contributed by atoms with Crippen molar-refractivity contribution in [3.63, 3.8) is 0 Å². The van der Waals surface area contributed by atoms with Crippen LogP contribution < -0.4 is 21.6 Å². The highest BCUT2D eigenvalue weighted by molar-refractivity contribution is 6.33. The van der Waals surface area contributed by atoms with Gasteiger partial charge in [0.25, 0.3) is 5.56 Å². The molecule has 1 aromatic carbocycles. The molecule has 188 valence electrons. The molecule has 0 saturated heterocycles. The summed E-state index contributed by atoms with van der Waals surface area (Å²) in [6.45, 7) is 6.23. The van der Waals surface area contributed by atoms with Gasteiger partial charge in [-0.1, -0.05) is 41.9 Å². The molecule has 2 aromatic heterocycles. The number of rotatable bonds is 7. The third kappa shape index (κ3) is 4.97. The smallest absolute Gasteiger partial charge is 0.260 e. The molecule has 0 unspecified atom stereocenters. The number of benzene rings is 1. The molecule has 1 aliphatic rings. The molecule has 3 heterocycles. The number of allylic oxidation sites excluding steroid dienone is 1. The Bertz CT molecular complexity index is 1530. The van der Waals surface area contributed by atoms with Gasteiger partial charge in [0.15, 0.2) is 0 Å². The minimum Gasteiger partial charge on any atom is -0.361 e. The summed E-state index contributed by atoms with van der Waals surface area (Å²) in [4.78, 5) is 36.4. The van der Waals surface area contributed by atoms with Crippen molar-refractivity contribution >= 4 is 23.6 Å². The van der Waals surface area contributed by atoms with Crippen LogP contribution in [0.1, 0.15) is 32.6 Å². The first kappa shape index (κ1) is 25.4. The first-order valence-electron chi connectivity index (χ1n) is 11.8. The number of amides is 1. The molecule has 9 nitrogen and oxygen atoms in total. The van der Waals surface area contributed by atoms with E-state index in [1.54, 1.807) is 37.7 Å². The van der Waals surface area contributed by atoms with E-state index in [9.17, 15) is 9.59 Å². The highest BCUT2D eigenvalue weighted by Gasteiger charge is 2.17. The predicted molar refractivity (Wildman–Crippen MR) is 139 cm³/mol. The lowest BCUT2D eigenvalue weighted by molar-refractivity contribution is -0.127. The average Bonchev–Trinajstić information content (AvgIpc) is 3.21. The molecule has 0 bridgehead atoms. The number of hydrogen-bond donors (Lipinski definition) is 1. The summed E-state index contributed by atoms with van der Waals surface area (Å²) in [5.41, 5.74) is 3.23. The van der Waals surface area contributed by atoms with Crippen molar-refractivity contribution in [2.75, 3.05) is 20.6 Å². The molecule has 10 heteroatoms. The Hall–Kier alpha value is -3.72. The first-order valence-corrected chi connectivity index (χ1v) is 12.2. The first-order chi connectivity index (χ1) is 17.2. The van der Waals surface area contributed by atoms with Crippen LogP contribution >= 0.6 is 11.6 Å². The van der Waals surface area contributed by atoms with Gasteiger partial charge in [-0.05, 0) is 37.5 Å². The zero-order chi connectivity index (χ0) is 26.0. The second-order valence-electron chi connectivity index (χ2n) is 8.69. The number of aryl methyl sites for hydroxylation is 1. The van der Waals surface area contributed by atoms with Gasteiger partial charge in [0.1, 0.15) is 11.3 Å². The Kier molecular flexibility index (Phi) is 7.40. The van der Waals surface area contributed by atoms with Crippen LogP contribution in [0.4, 0.5) is 0 Å². The standard InChI is InChI=1S/C26H29ClN6O3/c1-6-16-8-9-18-12-20(19-11-10-17(13-21(19)27)24-29-15(3)36-31-24)26(35)33(7-2)25(18)30-23(16)28-14-22(34)32(4)5/h9-13,28H,6-8,14H2,1-5H3. The summed E-state index contributed by atoms with van der Waals surface area (Å²) >= 11 is 6.65. The number of pyridine rings is 1. The SMILES string of the molecule is CCC1=C(NCC(=O)N(C)C)N=c2c(cc(-c3ccc(-c4noc(C)n4)cc3Cl)c(=O)n2CC)=CC1. The zero-order valence-electron chi connectivity index (χ0n) is 21.1. The number of hydrogen-bond acceptors (Lipinski definition) is 7. The van der Waals surface area contributed by atoms with Crippen molar-refractivity contribution in [1.29, 1.82) is 0 Å². The number of fused-ring (bicyclic) bond motifs is 1. The summed E-state index contributed by atoms with van der Waals surface area (Å²) < 4.78 is 6.70. The fourth-order valence-corrected chi connectivity index (χ4v) is 4.32. The van der Waals surface area contributed by atoms with E-state index >= 15 is 0 Å². The van der Waals surface area contributed by atoms with Gasteiger partial charge in [-0.2, -0.15) is 4.98 Å². The number of carbonyl (C=O) groups excluding carboxylic acids is 1. The van der Waals surface area contributed by atoms with Gasteiger partial charge in [-0.25, -0.2) is 4.99 Å². The Labute approximate surface area is 213 Å². The number of likely N-dealkylation sites (N-methyl/N-ethyl adjacent to an activating group) is 1. The van der Waals surface area contributed by atoms with Gasteiger partial charge in [-0.15, -0.1) is 0 Å². The van der Waals surface area contributed by atoms with E-state index < -0.39 is 0 Å². The van der Waals surface area contributed by atoms with Crippen LogP contribution in [-0.2, 0) is 11.3 Å². The maximum Gasteiger partial charge on any atom is 0.260 e. The van der Waals surface area contributed by atoms with Gasteiger partial charge >= 0.3 is 0 Å². The fraction of sp³-hybridized carbons (Fsp3) is 0.346. The fourth-order valence-electron chi connectivity index (χ4n) is 4.04. The maximum absolute atomic E-state index is 13.6. The highest BCUT2D eigenvalue weighted by Crippen LogP contribution is 2.29.